The maximum atomic E-state index is 8.78. The first kappa shape index (κ1) is 4.33. The summed E-state index contributed by atoms with van der Waals surface area (Å²) in [5.74, 6) is 0. The molecule has 0 aromatic carbocycles. The number of aromatic nitrogens is 1. The van der Waals surface area contributed by atoms with Crippen LogP contribution in [0.2, 0.25) is 5.15 Å². The largest absolute Gasteiger partial charge is 0.488 e. The Morgan fingerprint density at radius 1 is 1.70 bits per heavy atom. The fourth-order valence-electron chi connectivity index (χ4n) is 0.437. The Bertz CT molecular complexity index is 323. The molecule has 0 aliphatic heterocycles. The molecule has 0 aliphatic carbocycles. The van der Waals surface area contributed by atoms with E-state index in [2.05, 4.69) is 4.98 Å². The Hall–Kier alpha value is -0.575. The van der Waals surface area contributed by atoms with Crippen LogP contribution in [0.25, 0.3) is 0 Å². The van der Waals surface area contributed by atoms with Gasteiger partial charge in [-0.1, -0.05) is 11.6 Å². The number of hydrogen-bond donors (Lipinski definition) is 2. The van der Waals surface area contributed by atoms with Gasteiger partial charge in [0.2, 0.25) is 0 Å². The summed E-state index contributed by atoms with van der Waals surface area (Å²) in [7, 11) is -1.98. The van der Waals surface area contributed by atoms with E-state index in [4.69, 9.17) is 25.8 Å². The second-order valence-corrected chi connectivity index (χ2v) is 1.91. The van der Waals surface area contributed by atoms with Gasteiger partial charge in [0.1, 0.15) is 5.15 Å². The van der Waals surface area contributed by atoms with E-state index < -0.39 is 30.8 Å². The van der Waals surface area contributed by atoms with Crippen LogP contribution in [0.15, 0.2) is 18.3 Å². The lowest BCUT2D eigenvalue weighted by Crippen LogP contribution is -2.29. The van der Waals surface area contributed by atoms with Crippen molar-refractivity contribution in [3.05, 3.63) is 23.4 Å². The van der Waals surface area contributed by atoms with E-state index in [-0.39, 0.29) is 5.15 Å². The average Bonchev–Trinajstić information content (AvgIpc) is 2.01. The Morgan fingerprint density at radius 3 is 3.00 bits per heavy atom. The average molecular weight is 160 g/mol. The van der Waals surface area contributed by atoms with Crippen LogP contribution in [0.1, 0.15) is 4.11 Å². The Kier molecular flexibility index (Phi) is 1.30. The van der Waals surface area contributed by atoms with Crippen LogP contribution in [0.4, 0.5) is 0 Å². The van der Waals surface area contributed by atoms with E-state index in [9.17, 15) is 0 Å². The Labute approximate surface area is 67.7 Å². The summed E-state index contributed by atoms with van der Waals surface area (Å²) in [5, 5.41) is 17.2. The fraction of sp³-hybridized carbons (Fsp3) is 0. The molecule has 5 heteroatoms. The van der Waals surface area contributed by atoms with Crippen molar-refractivity contribution in [3.63, 3.8) is 0 Å². The van der Waals surface area contributed by atoms with Gasteiger partial charge < -0.3 is 10.0 Å². The minimum atomic E-state index is -1.98. The van der Waals surface area contributed by atoms with E-state index in [1.165, 1.54) is 0 Å². The van der Waals surface area contributed by atoms with Crippen molar-refractivity contribution in [2.24, 2.45) is 0 Å². The molecule has 3 nitrogen and oxygen atoms in total. The van der Waals surface area contributed by atoms with Crippen molar-refractivity contribution >= 4 is 24.2 Å². The van der Waals surface area contributed by atoms with Crippen molar-refractivity contribution in [3.8, 4) is 0 Å². The van der Waals surface area contributed by atoms with Crippen molar-refractivity contribution in [1.29, 1.82) is 0 Å². The molecule has 0 fully saturated rings. The fourth-order valence-corrected chi connectivity index (χ4v) is 0.581. The molecule has 1 rings (SSSR count). The quantitative estimate of drug-likeness (QED) is 0.427. The molecule has 0 unspecified atom stereocenters. The zero-order chi connectivity index (χ0) is 10.2. The number of nitrogens with zero attached hydrogens (tertiary/aromatic N) is 1. The van der Waals surface area contributed by atoms with Crippen LogP contribution in [0, 0.1) is 0 Å². The lowest BCUT2D eigenvalue weighted by molar-refractivity contribution is 0.425. The van der Waals surface area contributed by atoms with E-state index in [0.29, 0.717) is 0 Å². The van der Waals surface area contributed by atoms with Gasteiger partial charge in [-0.25, -0.2) is 4.98 Å². The van der Waals surface area contributed by atoms with Gasteiger partial charge >= 0.3 is 7.12 Å². The van der Waals surface area contributed by atoms with Gasteiger partial charge in [-0.2, -0.15) is 0 Å². The zero-order valence-corrected chi connectivity index (χ0v) is 5.55. The summed E-state index contributed by atoms with van der Waals surface area (Å²) in [6, 6.07) is -0.929. The summed E-state index contributed by atoms with van der Waals surface area (Å²) in [6.07, 6.45) is -0.482. The van der Waals surface area contributed by atoms with E-state index >= 15 is 0 Å². The maximum Gasteiger partial charge on any atom is 0.488 e. The molecule has 1 aromatic rings. The van der Waals surface area contributed by atoms with Crippen molar-refractivity contribution in [1.82, 2.24) is 4.98 Å². The summed E-state index contributed by atoms with van der Waals surface area (Å²) in [5.41, 5.74) is -0.398. The van der Waals surface area contributed by atoms with Crippen molar-refractivity contribution in [2.75, 3.05) is 0 Å². The molecular weight excluding hydrogens is 152 g/mol. The van der Waals surface area contributed by atoms with Crippen LogP contribution in [-0.4, -0.2) is 22.2 Å². The molecule has 0 atom stereocenters. The molecule has 0 saturated carbocycles. The van der Waals surface area contributed by atoms with Gasteiger partial charge in [0.15, 0.2) is 0 Å². The summed E-state index contributed by atoms with van der Waals surface area (Å²) >= 11 is 5.41. The topological polar surface area (TPSA) is 53.4 Å². The number of pyridine rings is 1. The molecule has 2 N–H and O–H groups in total. The lowest BCUT2D eigenvalue weighted by atomic mass is 9.81. The zero-order valence-electron chi connectivity index (χ0n) is 7.80. The second kappa shape index (κ2) is 3.01. The smallest absolute Gasteiger partial charge is 0.423 e. The second-order valence-electron chi connectivity index (χ2n) is 1.55. The van der Waals surface area contributed by atoms with Gasteiger partial charge in [0.05, 0.1) is 4.11 Å². The van der Waals surface area contributed by atoms with E-state index in [0.717, 1.165) is 0 Å². The molecule has 0 amide bonds. The lowest BCUT2D eigenvalue weighted by Gasteiger charge is -1.96. The van der Waals surface area contributed by atoms with Crippen LogP contribution >= 0.6 is 11.6 Å². The highest BCUT2D eigenvalue weighted by Crippen LogP contribution is 1.98. The summed E-state index contributed by atoms with van der Waals surface area (Å²) < 4.78 is 21.6. The predicted molar refractivity (Wildman–Crippen MR) is 39.1 cm³/mol. The monoisotopic (exact) mass is 160 g/mol. The highest BCUT2D eigenvalue weighted by Gasteiger charge is 2.09. The first-order valence-corrected chi connectivity index (χ1v) is 2.82. The van der Waals surface area contributed by atoms with Crippen LogP contribution in [-0.2, 0) is 0 Å². The number of rotatable bonds is 1. The maximum absolute atomic E-state index is 8.78. The molecule has 0 radical (unpaired) electrons. The number of hydrogen-bond acceptors (Lipinski definition) is 3. The molecule has 10 heavy (non-hydrogen) atoms. The van der Waals surface area contributed by atoms with Gasteiger partial charge in [0.25, 0.3) is 0 Å². The molecule has 0 aliphatic rings. The SMILES string of the molecule is [2H]c1nc(Cl)c([2H])c(B(O)O)c1[2H]. The standard InChI is InChI=1S/C5H5BClNO2/c7-5-3-4(6(9)10)1-2-8-5/h1-3,9-10H/i1D,2D,3D. The molecule has 52 valence electrons. The van der Waals surface area contributed by atoms with Crippen molar-refractivity contribution in [2.45, 2.75) is 0 Å². The predicted octanol–water partition coefficient (Wildman–Crippen LogP) is -0.585. The highest BCUT2D eigenvalue weighted by atomic mass is 35.5. The normalized spacial score (nSPS) is 13.7. The highest BCUT2D eigenvalue weighted by molar-refractivity contribution is 6.58. The van der Waals surface area contributed by atoms with Crippen molar-refractivity contribution < 1.29 is 14.2 Å². The molecular formula is C5H5BClNO2. The minimum Gasteiger partial charge on any atom is -0.423 e. The molecule has 1 aromatic heterocycles. The molecule has 0 bridgehead atoms. The van der Waals surface area contributed by atoms with Crippen LogP contribution < -0.4 is 5.46 Å². The Morgan fingerprint density at radius 2 is 2.40 bits per heavy atom. The van der Waals surface area contributed by atoms with E-state index in [1.807, 2.05) is 0 Å². The molecule has 0 spiro atoms. The summed E-state index contributed by atoms with van der Waals surface area (Å²) in [4.78, 5) is 3.35. The minimum absolute atomic E-state index is 0.316. The van der Waals surface area contributed by atoms with E-state index in [1.54, 1.807) is 0 Å². The van der Waals surface area contributed by atoms with Gasteiger partial charge in [0, 0.05) is 6.17 Å². The van der Waals surface area contributed by atoms with Gasteiger partial charge in [-0.15, -0.1) is 0 Å². The third kappa shape index (κ3) is 1.70. The molecule has 1 heterocycles. The van der Waals surface area contributed by atoms with Crippen LogP contribution in [0.5, 0.6) is 0 Å². The third-order valence-electron chi connectivity index (χ3n) is 0.841. The van der Waals surface area contributed by atoms with Crippen LogP contribution in [0.3, 0.4) is 0 Å². The Balaban J connectivity index is 3.46. The first-order chi connectivity index (χ1) is 5.95. The molecule has 0 saturated heterocycles. The summed E-state index contributed by atoms with van der Waals surface area (Å²) in [6.45, 7) is 0. The van der Waals surface area contributed by atoms with Gasteiger partial charge in [-0.05, 0) is 17.5 Å². The third-order valence-corrected chi connectivity index (χ3v) is 1.02. The number of halogens is 1. The van der Waals surface area contributed by atoms with Gasteiger partial charge in [-0.3, -0.25) is 0 Å². The first-order valence-electron chi connectivity index (χ1n) is 3.94.